The van der Waals surface area contributed by atoms with E-state index in [1.54, 1.807) is 0 Å². The van der Waals surface area contributed by atoms with Gasteiger partial charge >= 0.3 is 5.97 Å². The molecule has 0 amide bonds. The Morgan fingerprint density at radius 2 is 1.47 bits per heavy atom. The van der Waals surface area contributed by atoms with Crippen LogP contribution in [-0.4, -0.2) is 12.1 Å². The van der Waals surface area contributed by atoms with Crippen molar-refractivity contribution in [2.24, 2.45) is 11.3 Å². The van der Waals surface area contributed by atoms with Gasteiger partial charge in [0.1, 0.15) is 6.10 Å². The fraction of sp³-hybridized carbons (Fsp3) is 0.758. The number of hydrogen-bond acceptors (Lipinski definition) is 3. The van der Waals surface area contributed by atoms with Crippen molar-refractivity contribution in [1.29, 1.82) is 5.26 Å². The zero-order valence-corrected chi connectivity index (χ0v) is 23.2. The summed E-state index contributed by atoms with van der Waals surface area (Å²) in [6.45, 7) is 4.51. The summed E-state index contributed by atoms with van der Waals surface area (Å²) in [6.07, 6.45) is 22.6. The van der Waals surface area contributed by atoms with Gasteiger partial charge < -0.3 is 4.74 Å². The van der Waals surface area contributed by atoms with Crippen molar-refractivity contribution in [3.63, 3.8) is 0 Å². The summed E-state index contributed by atoms with van der Waals surface area (Å²) in [6, 6.07) is 10.9. The van der Waals surface area contributed by atoms with E-state index >= 15 is 0 Å². The van der Waals surface area contributed by atoms with Gasteiger partial charge in [0.2, 0.25) is 0 Å². The maximum Gasteiger partial charge on any atom is 0.338 e. The lowest BCUT2D eigenvalue weighted by atomic mass is 9.71. The van der Waals surface area contributed by atoms with Gasteiger partial charge in [0.25, 0.3) is 0 Å². The first-order valence-electron chi connectivity index (χ1n) is 15.3. The Morgan fingerprint density at radius 1 is 0.861 bits per heavy atom. The largest absolute Gasteiger partial charge is 0.459 e. The minimum Gasteiger partial charge on any atom is -0.459 e. The zero-order valence-electron chi connectivity index (χ0n) is 23.2. The van der Waals surface area contributed by atoms with E-state index in [1.165, 1.54) is 89.0 Å². The highest BCUT2D eigenvalue weighted by Crippen LogP contribution is 2.41. The first kappa shape index (κ1) is 28.7. The molecule has 0 aromatic heterocycles. The summed E-state index contributed by atoms with van der Waals surface area (Å²) in [5.41, 5.74) is 1.84. The third kappa shape index (κ3) is 8.93. The maximum absolute atomic E-state index is 12.8. The van der Waals surface area contributed by atoms with Crippen LogP contribution in [0.2, 0.25) is 0 Å². The van der Waals surface area contributed by atoms with E-state index in [-0.39, 0.29) is 17.5 Å². The smallest absolute Gasteiger partial charge is 0.338 e. The van der Waals surface area contributed by atoms with Gasteiger partial charge in [-0.3, -0.25) is 0 Å². The van der Waals surface area contributed by atoms with Gasteiger partial charge in [-0.1, -0.05) is 90.2 Å². The number of benzene rings is 1. The molecule has 3 nitrogen and oxygen atoms in total. The van der Waals surface area contributed by atoms with Crippen molar-refractivity contribution in [2.45, 2.75) is 148 Å². The number of hydrogen-bond donors (Lipinski definition) is 0. The molecule has 2 aliphatic carbocycles. The van der Waals surface area contributed by atoms with Crippen LogP contribution in [0.15, 0.2) is 24.3 Å². The van der Waals surface area contributed by atoms with Gasteiger partial charge in [-0.25, -0.2) is 4.79 Å². The monoisotopic (exact) mass is 493 g/mol. The molecule has 0 aliphatic heterocycles. The number of nitrogens with zero attached hydrogens (tertiary/aromatic N) is 1. The highest BCUT2D eigenvalue weighted by molar-refractivity contribution is 5.89. The molecule has 1 aromatic rings. The first-order valence-corrected chi connectivity index (χ1v) is 15.3. The minimum absolute atomic E-state index is 0.0497. The molecule has 0 spiro atoms. The van der Waals surface area contributed by atoms with Gasteiger partial charge in [0, 0.05) is 0 Å². The van der Waals surface area contributed by atoms with Crippen LogP contribution < -0.4 is 0 Å². The minimum atomic E-state index is -0.203. The quantitative estimate of drug-likeness (QED) is 0.191. The maximum atomic E-state index is 12.8. The average Bonchev–Trinajstić information content (AvgIpc) is 2.92. The van der Waals surface area contributed by atoms with Crippen molar-refractivity contribution in [1.82, 2.24) is 0 Å². The van der Waals surface area contributed by atoms with Crippen molar-refractivity contribution in [3.8, 4) is 6.07 Å². The average molecular weight is 494 g/mol. The molecule has 0 radical (unpaired) electrons. The van der Waals surface area contributed by atoms with Crippen LogP contribution in [-0.2, 0) is 4.74 Å². The fourth-order valence-corrected chi connectivity index (χ4v) is 6.50. The van der Waals surface area contributed by atoms with E-state index in [4.69, 9.17) is 4.74 Å². The molecule has 1 aromatic carbocycles. The molecule has 2 saturated carbocycles. The SMILES string of the molecule is CCCCCCCC1(C#N)CCC(OC(=O)c2ccc(C3CCC(CCCCCC)CC3)cc2)CC1. The molecule has 0 heterocycles. The van der Waals surface area contributed by atoms with Crippen LogP contribution in [0.25, 0.3) is 0 Å². The van der Waals surface area contributed by atoms with Crippen LogP contribution in [0.1, 0.15) is 158 Å². The van der Waals surface area contributed by atoms with E-state index in [2.05, 4.69) is 32.0 Å². The summed E-state index contributed by atoms with van der Waals surface area (Å²) >= 11 is 0. The zero-order chi connectivity index (χ0) is 25.6. The fourth-order valence-electron chi connectivity index (χ4n) is 6.50. The lowest BCUT2D eigenvalue weighted by Crippen LogP contribution is -2.31. The second kappa shape index (κ2) is 15.4. The molecule has 2 fully saturated rings. The van der Waals surface area contributed by atoms with E-state index in [0.29, 0.717) is 11.5 Å². The molecule has 3 rings (SSSR count). The highest BCUT2D eigenvalue weighted by atomic mass is 16.5. The molecular formula is C33H51NO2. The van der Waals surface area contributed by atoms with Gasteiger partial charge in [-0.2, -0.15) is 5.26 Å². The van der Waals surface area contributed by atoms with Gasteiger partial charge in [0.15, 0.2) is 0 Å². The lowest BCUT2D eigenvalue weighted by Gasteiger charge is -2.34. The molecule has 0 N–H and O–H groups in total. The lowest BCUT2D eigenvalue weighted by molar-refractivity contribution is 0.0105. The number of unbranched alkanes of at least 4 members (excludes halogenated alkanes) is 7. The summed E-state index contributed by atoms with van der Waals surface area (Å²) in [7, 11) is 0. The summed E-state index contributed by atoms with van der Waals surface area (Å²) in [4.78, 5) is 12.8. The molecule has 0 saturated heterocycles. The molecule has 2 aliphatic rings. The van der Waals surface area contributed by atoms with Crippen LogP contribution in [0.5, 0.6) is 0 Å². The van der Waals surface area contributed by atoms with Crippen molar-refractivity contribution in [3.05, 3.63) is 35.4 Å². The highest BCUT2D eigenvalue weighted by Gasteiger charge is 2.36. The van der Waals surface area contributed by atoms with Crippen LogP contribution >= 0.6 is 0 Å². The van der Waals surface area contributed by atoms with Crippen LogP contribution in [0.4, 0.5) is 0 Å². The molecule has 0 atom stereocenters. The van der Waals surface area contributed by atoms with Crippen molar-refractivity contribution >= 4 is 5.97 Å². The molecule has 0 bridgehead atoms. The Morgan fingerprint density at radius 3 is 2.08 bits per heavy atom. The Bertz CT molecular complexity index is 792. The number of esters is 1. The van der Waals surface area contributed by atoms with Crippen LogP contribution in [0, 0.1) is 22.7 Å². The number of ether oxygens (including phenoxy) is 1. The van der Waals surface area contributed by atoms with Crippen LogP contribution in [0.3, 0.4) is 0 Å². The van der Waals surface area contributed by atoms with E-state index < -0.39 is 0 Å². The predicted molar refractivity (Wildman–Crippen MR) is 149 cm³/mol. The molecular weight excluding hydrogens is 442 g/mol. The predicted octanol–water partition coefficient (Wildman–Crippen LogP) is 9.90. The van der Waals surface area contributed by atoms with E-state index in [9.17, 15) is 10.1 Å². The Hall–Kier alpha value is -1.82. The standard InChI is InChI=1S/C33H51NO2/c1-3-5-7-9-11-23-33(26-34)24-21-31(22-25-33)36-32(35)30-19-17-29(18-20-30)28-15-13-27(14-16-28)12-10-8-6-4-2/h17-20,27-28,31H,3-16,21-25H2,1-2H3. The molecule has 0 unspecified atom stereocenters. The van der Waals surface area contributed by atoms with Crippen molar-refractivity contribution in [2.75, 3.05) is 0 Å². The summed E-state index contributed by atoms with van der Waals surface area (Å²) in [5.74, 6) is 1.36. The first-order chi connectivity index (χ1) is 17.6. The Kier molecular flexibility index (Phi) is 12.3. The van der Waals surface area contributed by atoms with E-state index in [1.807, 2.05) is 12.1 Å². The number of carbonyl (C=O) groups is 1. The normalized spacial score (nSPS) is 26.3. The summed E-state index contributed by atoms with van der Waals surface area (Å²) < 4.78 is 5.88. The molecule has 200 valence electrons. The third-order valence-corrected chi connectivity index (χ3v) is 9.09. The second-order valence-electron chi connectivity index (χ2n) is 11.9. The topological polar surface area (TPSA) is 50.1 Å². The van der Waals surface area contributed by atoms with E-state index in [0.717, 1.165) is 44.4 Å². The summed E-state index contributed by atoms with van der Waals surface area (Å²) in [5, 5.41) is 9.84. The number of rotatable bonds is 14. The number of nitriles is 1. The Balaban J connectivity index is 1.39. The molecule has 36 heavy (non-hydrogen) atoms. The molecule has 3 heteroatoms. The third-order valence-electron chi connectivity index (χ3n) is 9.09. The van der Waals surface area contributed by atoms with Gasteiger partial charge in [0.05, 0.1) is 17.0 Å². The number of carbonyl (C=O) groups excluding carboxylic acids is 1. The van der Waals surface area contributed by atoms with Gasteiger partial charge in [-0.05, 0) is 87.3 Å². The van der Waals surface area contributed by atoms with Gasteiger partial charge in [-0.15, -0.1) is 0 Å². The van der Waals surface area contributed by atoms with Crippen molar-refractivity contribution < 1.29 is 9.53 Å². The second-order valence-corrected chi connectivity index (χ2v) is 11.9. The Labute approximate surface area is 221 Å².